The fourth-order valence-corrected chi connectivity index (χ4v) is 3.78. The molecule has 208 valence electrons. The Bertz CT molecular complexity index is 1090. The lowest BCUT2D eigenvalue weighted by Crippen LogP contribution is -2.62. The summed E-state index contributed by atoms with van der Waals surface area (Å²) in [6.07, 6.45) is -11.5. The number of alkyl halides is 3. The monoisotopic (exact) mass is 546 g/mol. The summed E-state index contributed by atoms with van der Waals surface area (Å²) in [6, 6.07) is 5.10. The molecule has 1 saturated heterocycles. The maximum Gasteiger partial charge on any atom is 0.442 e. The van der Waals surface area contributed by atoms with Crippen LogP contribution in [0.25, 0.3) is 0 Å². The summed E-state index contributed by atoms with van der Waals surface area (Å²) < 4.78 is 72.1. The van der Waals surface area contributed by atoms with E-state index in [-0.39, 0.29) is 12.2 Å². The van der Waals surface area contributed by atoms with Gasteiger partial charge >= 0.3 is 35.7 Å². The van der Waals surface area contributed by atoms with Crippen LogP contribution in [0.1, 0.15) is 38.8 Å². The van der Waals surface area contributed by atoms with Crippen molar-refractivity contribution in [1.29, 1.82) is 0 Å². The smallest absolute Gasteiger partial charge is 0.442 e. The molecule has 5 atom stereocenters. The molecule has 0 unspecified atom stereocenters. The average molecular weight is 546 g/mol. The number of benzene rings is 1. The van der Waals surface area contributed by atoms with Gasteiger partial charge in [-0.1, -0.05) is 24.3 Å². The molecule has 12 nitrogen and oxygen atoms in total. The van der Waals surface area contributed by atoms with Crippen molar-refractivity contribution >= 4 is 23.9 Å². The van der Waals surface area contributed by atoms with E-state index in [0.717, 1.165) is 27.7 Å². The summed E-state index contributed by atoms with van der Waals surface area (Å²) in [4.78, 5) is 46.9. The van der Waals surface area contributed by atoms with Crippen molar-refractivity contribution in [1.82, 2.24) is 0 Å². The number of esters is 4. The molecule has 0 amide bonds. The highest BCUT2D eigenvalue weighted by atomic mass is 19.4. The normalized spacial score (nSPS) is 25.7. The highest BCUT2D eigenvalue weighted by Gasteiger charge is 2.65. The van der Waals surface area contributed by atoms with Gasteiger partial charge in [-0.2, -0.15) is 13.2 Å². The molecule has 0 aromatic heterocycles. The number of hydrogen-bond acceptors (Lipinski definition) is 12. The van der Waals surface area contributed by atoms with Crippen molar-refractivity contribution in [3.05, 3.63) is 35.4 Å². The molecule has 15 heteroatoms. The molecule has 0 spiro atoms. The van der Waals surface area contributed by atoms with Crippen molar-refractivity contribution in [2.75, 3.05) is 6.61 Å². The summed E-state index contributed by atoms with van der Waals surface area (Å²) >= 11 is 0. The summed E-state index contributed by atoms with van der Waals surface area (Å²) in [5, 5.41) is 6.29. The van der Waals surface area contributed by atoms with Gasteiger partial charge in [0.15, 0.2) is 24.6 Å². The predicted octanol–water partition coefficient (Wildman–Crippen LogP) is 2.47. The minimum Gasteiger partial charge on any atom is -0.463 e. The Hall–Kier alpha value is -3.59. The van der Waals surface area contributed by atoms with E-state index in [0.29, 0.717) is 5.56 Å². The van der Waals surface area contributed by atoms with Crippen LogP contribution in [0.2, 0.25) is 0 Å². The second kappa shape index (κ2) is 11.4. The quantitative estimate of drug-likeness (QED) is 0.334. The van der Waals surface area contributed by atoms with Gasteiger partial charge in [0.2, 0.25) is 0 Å². The maximum absolute atomic E-state index is 13.2. The molecule has 2 heterocycles. The number of nitrogens with zero attached hydrogens (tertiary/aromatic N) is 2. The maximum atomic E-state index is 13.2. The van der Waals surface area contributed by atoms with Gasteiger partial charge in [0.05, 0.1) is 6.61 Å². The lowest BCUT2D eigenvalue weighted by Gasteiger charge is -2.44. The molecule has 2 aliphatic rings. The van der Waals surface area contributed by atoms with Crippen molar-refractivity contribution in [2.45, 2.75) is 76.8 Å². The van der Waals surface area contributed by atoms with Crippen LogP contribution < -0.4 is 0 Å². The van der Waals surface area contributed by atoms with Gasteiger partial charge in [-0.25, -0.2) is 0 Å². The molecule has 0 radical (unpaired) electrons. The number of ether oxygens (including phenoxy) is 6. The number of rotatable bonds is 9. The van der Waals surface area contributed by atoms with E-state index in [1.807, 2.05) is 0 Å². The Morgan fingerprint density at radius 3 is 1.84 bits per heavy atom. The lowest BCUT2D eigenvalue weighted by atomic mass is 9.98. The molecule has 1 aromatic carbocycles. The SMILES string of the molecule is CC(=O)OC[C@H]1O[C@H](OCc2ccc(C3(C(F)(F)F)N=N3)cc2)[C@@H](OC(C)=O)[C@@H](OC(C)=O)[C@@H]1OC(C)=O. The van der Waals surface area contributed by atoms with Gasteiger partial charge < -0.3 is 28.4 Å². The van der Waals surface area contributed by atoms with Crippen LogP contribution >= 0.6 is 0 Å². The molecule has 3 rings (SSSR count). The van der Waals surface area contributed by atoms with Crippen LogP contribution in [0, 0.1) is 0 Å². The molecule has 0 aliphatic carbocycles. The number of hydrogen-bond donors (Lipinski definition) is 0. The second-order valence-corrected chi connectivity index (χ2v) is 8.45. The molecule has 38 heavy (non-hydrogen) atoms. The number of carbonyl (C=O) groups excluding carboxylic acids is 4. The van der Waals surface area contributed by atoms with E-state index in [1.165, 1.54) is 24.3 Å². The minimum atomic E-state index is -4.68. The zero-order valence-electron chi connectivity index (χ0n) is 20.7. The third-order valence-electron chi connectivity index (χ3n) is 5.41. The Balaban J connectivity index is 1.84. The second-order valence-electron chi connectivity index (χ2n) is 8.45. The Kier molecular flexibility index (Phi) is 8.72. The molecular weight excluding hydrogens is 521 g/mol. The van der Waals surface area contributed by atoms with Crippen LogP contribution in [-0.2, 0) is 59.9 Å². The summed E-state index contributed by atoms with van der Waals surface area (Å²) in [5.74, 6) is -3.07. The Morgan fingerprint density at radius 2 is 1.37 bits per heavy atom. The largest absolute Gasteiger partial charge is 0.463 e. The topological polar surface area (TPSA) is 148 Å². The van der Waals surface area contributed by atoms with Gasteiger partial charge in [0.1, 0.15) is 12.7 Å². The van der Waals surface area contributed by atoms with Gasteiger partial charge in [-0.3, -0.25) is 19.2 Å². The van der Waals surface area contributed by atoms with Crippen molar-refractivity contribution in [3.8, 4) is 0 Å². The third kappa shape index (κ3) is 6.83. The first-order valence-electron chi connectivity index (χ1n) is 11.3. The fourth-order valence-electron chi connectivity index (χ4n) is 3.78. The van der Waals surface area contributed by atoms with E-state index in [1.54, 1.807) is 0 Å². The first-order chi connectivity index (χ1) is 17.7. The fraction of sp³-hybridized carbons (Fsp3) is 0.565. The van der Waals surface area contributed by atoms with Gasteiger partial charge in [-0.05, 0) is 5.56 Å². The summed E-state index contributed by atoms with van der Waals surface area (Å²) in [6.45, 7) is 3.70. The van der Waals surface area contributed by atoms with Gasteiger partial charge in [-0.15, -0.1) is 10.2 Å². The van der Waals surface area contributed by atoms with Crippen LogP contribution in [0.15, 0.2) is 34.5 Å². The lowest BCUT2D eigenvalue weighted by molar-refractivity contribution is -0.310. The molecule has 1 fully saturated rings. The zero-order chi connectivity index (χ0) is 28.3. The predicted molar refractivity (Wildman–Crippen MR) is 116 cm³/mol. The van der Waals surface area contributed by atoms with E-state index in [2.05, 4.69) is 10.2 Å². The minimum absolute atomic E-state index is 0.180. The Morgan fingerprint density at radius 1 is 0.842 bits per heavy atom. The first-order valence-corrected chi connectivity index (χ1v) is 11.3. The van der Waals surface area contributed by atoms with E-state index in [4.69, 9.17) is 28.4 Å². The summed E-state index contributed by atoms with van der Waals surface area (Å²) in [7, 11) is 0. The van der Waals surface area contributed by atoms with Crippen molar-refractivity contribution < 1.29 is 60.8 Å². The first kappa shape index (κ1) is 29.0. The zero-order valence-corrected chi connectivity index (χ0v) is 20.7. The van der Waals surface area contributed by atoms with Crippen LogP contribution in [0.4, 0.5) is 13.2 Å². The number of halogens is 3. The van der Waals surface area contributed by atoms with Crippen molar-refractivity contribution in [3.63, 3.8) is 0 Å². The third-order valence-corrected chi connectivity index (χ3v) is 5.41. The highest BCUT2D eigenvalue weighted by Crippen LogP contribution is 2.52. The van der Waals surface area contributed by atoms with E-state index >= 15 is 0 Å². The molecule has 0 bridgehead atoms. The molecule has 1 aromatic rings. The molecule has 0 saturated carbocycles. The molecular formula is C23H25F3N2O10. The van der Waals surface area contributed by atoms with Crippen LogP contribution in [-0.4, -0.2) is 67.4 Å². The molecule has 0 N–H and O–H groups in total. The average Bonchev–Trinajstić information content (AvgIpc) is 3.61. The van der Waals surface area contributed by atoms with E-state index in [9.17, 15) is 32.3 Å². The van der Waals surface area contributed by atoms with Gasteiger partial charge in [0.25, 0.3) is 0 Å². The standard InChI is InChI=1S/C23H25F3N2O10/c1-11(29)33-10-17-18(35-12(2)30)19(36-13(3)31)20(37-14(4)32)21(38-17)34-9-15-5-7-16(8-6-15)22(27-28-22)23(24,25)26/h5-8,17-21H,9-10H2,1-4H3/t17-,18-,19+,20+,21+/m1/s1. The number of carbonyl (C=O) groups is 4. The van der Waals surface area contributed by atoms with Gasteiger partial charge in [0, 0.05) is 33.3 Å². The Labute approximate surface area is 214 Å². The van der Waals surface area contributed by atoms with Crippen LogP contribution in [0.5, 0.6) is 0 Å². The molecule has 2 aliphatic heterocycles. The van der Waals surface area contributed by atoms with Crippen molar-refractivity contribution in [2.24, 2.45) is 10.2 Å². The highest BCUT2D eigenvalue weighted by molar-refractivity contribution is 5.68. The van der Waals surface area contributed by atoms with E-state index < -0.39 is 73.0 Å². The van der Waals surface area contributed by atoms with Crippen LogP contribution in [0.3, 0.4) is 0 Å². The summed E-state index contributed by atoms with van der Waals surface area (Å²) in [5.41, 5.74) is -2.35.